The van der Waals surface area contributed by atoms with Gasteiger partial charge in [-0.3, -0.25) is 0 Å². The zero-order valence-electron chi connectivity index (χ0n) is 10.2. The fraction of sp³-hybridized carbons (Fsp3) is 1.00. The Kier molecular flexibility index (Phi) is 7.08. The third kappa shape index (κ3) is 5.46. The fourth-order valence-corrected chi connectivity index (χ4v) is 2.04. The quantitative estimate of drug-likeness (QED) is 0.610. The molecule has 6 heteroatoms. The molecule has 0 rings (SSSR count). The summed E-state index contributed by atoms with van der Waals surface area (Å²) in [4.78, 5) is 0. The van der Waals surface area contributed by atoms with Gasteiger partial charge in [0.1, 0.15) is 0 Å². The molecule has 0 aliphatic rings. The Morgan fingerprint density at radius 1 is 1.13 bits per heavy atom. The van der Waals surface area contributed by atoms with E-state index in [9.17, 15) is 8.42 Å². The standard InChI is InChI=1S/C9H23N3O2S/c1-5-7-10-8-6-9-12(4)15(13,14)11(2)3/h10H,5-9H2,1-4H3. The molecule has 0 atom stereocenters. The van der Waals surface area contributed by atoms with Crippen molar-refractivity contribution in [1.82, 2.24) is 13.9 Å². The summed E-state index contributed by atoms with van der Waals surface area (Å²) in [5, 5.41) is 3.24. The zero-order chi connectivity index (χ0) is 11.9. The average molecular weight is 237 g/mol. The molecule has 0 amide bonds. The zero-order valence-corrected chi connectivity index (χ0v) is 11.0. The molecule has 0 aliphatic carbocycles. The van der Waals surface area contributed by atoms with E-state index in [0.29, 0.717) is 6.54 Å². The molecule has 0 bridgehead atoms. The van der Waals surface area contributed by atoms with Gasteiger partial charge in [0.25, 0.3) is 10.2 Å². The molecule has 0 aliphatic heterocycles. The van der Waals surface area contributed by atoms with Crippen LogP contribution in [-0.4, -0.2) is 57.8 Å². The van der Waals surface area contributed by atoms with Gasteiger partial charge in [-0.15, -0.1) is 0 Å². The molecule has 15 heavy (non-hydrogen) atoms. The minimum absolute atomic E-state index is 0.553. The van der Waals surface area contributed by atoms with E-state index in [1.54, 1.807) is 21.1 Å². The number of nitrogens with one attached hydrogen (secondary N) is 1. The molecule has 0 saturated heterocycles. The van der Waals surface area contributed by atoms with Gasteiger partial charge in [0.15, 0.2) is 0 Å². The summed E-state index contributed by atoms with van der Waals surface area (Å²) in [5.74, 6) is 0. The van der Waals surface area contributed by atoms with Crippen molar-refractivity contribution < 1.29 is 8.42 Å². The van der Waals surface area contributed by atoms with Crippen molar-refractivity contribution in [3.05, 3.63) is 0 Å². The Morgan fingerprint density at radius 3 is 2.20 bits per heavy atom. The van der Waals surface area contributed by atoms with Crippen LogP contribution in [0, 0.1) is 0 Å². The first-order chi connectivity index (χ1) is 6.92. The van der Waals surface area contributed by atoms with Gasteiger partial charge in [-0.2, -0.15) is 17.0 Å². The summed E-state index contributed by atoms with van der Waals surface area (Å²) in [6, 6.07) is 0. The highest BCUT2D eigenvalue weighted by Crippen LogP contribution is 2.01. The highest BCUT2D eigenvalue weighted by atomic mass is 32.2. The fourth-order valence-electron chi connectivity index (χ4n) is 1.12. The molecule has 0 aromatic carbocycles. The largest absolute Gasteiger partial charge is 0.317 e. The molecule has 0 radical (unpaired) electrons. The van der Waals surface area contributed by atoms with Crippen LogP contribution in [0.15, 0.2) is 0 Å². The first kappa shape index (κ1) is 14.8. The Bertz CT molecular complexity index is 252. The summed E-state index contributed by atoms with van der Waals surface area (Å²) >= 11 is 0. The summed E-state index contributed by atoms with van der Waals surface area (Å²) in [6.07, 6.45) is 1.94. The Balaban J connectivity index is 3.79. The second-order valence-corrected chi connectivity index (χ2v) is 5.96. The van der Waals surface area contributed by atoms with Crippen molar-refractivity contribution in [1.29, 1.82) is 0 Å². The topological polar surface area (TPSA) is 52.7 Å². The van der Waals surface area contributed by atoms with Crippen LogP contribution >= 0.6 is 0 Å². The van der Waals surface area contributed by atoms with E-state index in [2.05, 4.69) is 12.2 Å². The molecule has 0 aromatic heterocycles. The van der Waals surface area contributed by atoms with Gasteiger partial charge in [0.2, 0.25) is 0 Å². The molecule has 0 aromatic rings. The van der Waals surface area contributed by atoms with Crippen LogP contribution in [0.3, 0.4) is 0 Å². The van der Waals surface area contributed by atoms with Gasteiger partial charge in [-0.25, -0.2) is 0 Å². The lowest BCUT2D eigenvalue weighted by Crippen LogP contribution is -2.38. The van der Waals surface area contributed by atoms with Crippen LogP contribution in [0.4, 0.5) is 0 Å². The van der Waals surface area contributed by atoms with Gasteiger partial charge >= 0.3 is 0 Å². The molecule has 0 spiro atoms. The van der Waals surface area contributed by atoms with E-state index in [4.69, 9.17) is 0 Å². The molecule has 0 heterocycles. The number of rotatable bonds is 8. The predicted molar refractivity (Wildman–Crippen MR) is 63.0 cm³/mol. The molecule has 0 saturated carbocycles. The maximum atomic E-state index is 11.6. The second kappa shape index (κ2) is 7.16. The summed E-state index contributed by atoms with van der Waals surface area (Å²) in [6.45, 7) is 4.51. The summed E-state index contributed by atoms with van der Waals surface area (Å²) in [5.41, 5.74) is 0. The van der Waals surface area contributed by atoms with Crippen molar-refractivity contribution in [3.8, 4) is 0 Å². The van der Waals surface area contributed by atoms with Crippen molar-refractivity contribution in [2.24, 2.45) is 0 Å². The lowest BCUT2D eigenvalue weighted by atomic mass is 10.4. The van der Waals surface area contributed by atoms with Crippen molar-refractivity contribution in [2.45, 2.75) is 19.8 Å². The van der Waals surface area contributed by atoms with Crippen LogP contribution in [-0.2, 0) is 10.2 Å². The minimum atomic E-state index is -3.23. The Hall–Kier alpha value is -0.170. The van der Waals surface area contributed by atoms with E-state index in [1.165, 1.54) is 8.61 Å². The number of hydrogen-bond donors (Lipinski definition) is 1. The van der Waals surface area contributed by atoms with Crippen LogP contribution in [0.2, 0.25) is 0 Å². The molecular formula is C9H23N3O2S. The van der Waals surface area contributed by atoms with Crippen molar-refractivity contribution in [2.75, 3.05) is 40.8 Å². The normalized spacial score (nSPS) is 12.7. The molecule has 92 valence electrons. The Labute approximate surface area is 93.6 Å². The van der Waals surface area contributed by atoms with E-state index < -0.39 is 10.2 Å². The molecular weight excluding hydrogens is 214 g/mol. The maximum Gasteiger partial charge on any atom is 0.281 e. The third-order valence-corrected chi connectivity index (χ3v) is 4.00. The van der Waals surface area contributed by atoms with E-state index in [-0.39, 0.29) is 0 Å². The number of hydrogen-bond acceptors (Lipinski definition) is 3. The lowest BCUT2D eigenvalue weighted by molar-refractivity contribution is 0.409. The van der Waals surface area contributed by atoms with E-state index in [0.717, 1.165) is 25.9 Å². The maximum absolute atomic E-state index is 11.6. The van der Waals surface area contributed by atoms with Crippen molar-refractivity contribution in [3.63, 3.8) is 0 Å². The summed E-state index contributed by atoms with van der Waals surface area (Å²) in [7, 11) is 1.46. The van der Waals surface area contributed by atoms with Crippen molar-refractivity contribution >= 4 is 10.2 Å². The Morgan fingerprint density at radius 2 is 1.73 bits per heavy atom. The van der Waals surface area contributed by atoms with E-state index >= 15 is 0 Å². The predicted octanol–water partition coefficient (Wildman–Crippen LogP) is 0.114. The lowest BCUT2D eigenvalue weighted by Gasteiger charge is -2.21. The van der Waals surface area contributed by atoms with Crippen LogP contribution in [0.5, 0.6) is 0 Å². The molecule has 1 N–H and O–H groups in total. The third-order valence-electron chi connectivity index (χ3n) is 2.11. The monoisotopic (exact) mass is 237 g/mol. The molecule has 0 unspecified atom stereocenters. The number of nitrogens with zero attached hydrogens (tertiary/aromatic N) is 2. The van der Waals surface area contributed by atoms with Gasteiger partial charge in [-0.05, 0) is 25.9 Å². The van der Waals surface area contributed by atoms with Gasteiger partial charge in [0, 0.05) is 27.7 Å². The van der Waals surface area contributed by atoms with Gasteiger partial charge in [0.05, 0.1) is 0 Å². The minimum Gasteiger partial charge on any atom is -0.317 e. The first-order valence-corrected chi connectivity index (χ1v) is 6.67. The SMILES string of the molecule is CCCNCCCN(C)S(=O)(=O)N(C)C. The van der Waals surface area contributed by atoms with Crippen LogP contribution < -0.4 is 5.32 Å². The highest BCUT2D eigenvalue weighted by Gasteiger charge is 2.19. The average Bonchev–Trinajstić information content (AvgIpc) is 2.16. The molecule has 0 fully saturated rings. The van der Waals surface area contributed by atoms with Crippen LogP contribution in [0.25, 0.3) is 0 Å². The second-order valence-electron chi connectivity index (χ2n) is 3.72. The first-order valence-electron chi connectivity index (χ1n) is 5.27. The van der Waals surface area contributed by atoms with Crippen LogP contribution in [0.1, 0.15) is 19.8 Å². The van der Waals surface area contributed by atoms with Gasteiger partial charge in [-0.1, -0.05) is 6.92 Å². The van der Waals surface area contributed by atoms with E-state index in [1.807, 2.05) is 0 Å². The smallest absolute Gasteiger partial charge is 0.281 e. The summed E-state index contributed by atoms with van der Waals surface area (Å²) < 4.78 is 25.8. The molecule has 5 nitrogen and oxygen atoms in total. The highest BCUT2D eigenvalue weighted by molar-refractivity contribution is 7.86. The van der Waals surface area contributed by atoms with Gasteiger partial charge < -0.3 is 5.32 Å².